The van der Waals surface area contributed by atoms with Crippen molar-refractivity contribution in [2.75, 3.05) is 29.5 Å². The van der Waals surface area contributed by atoms with Crippen molar-refractivity contribution >= 4 is 90.7 Å². The van der Waals surface area contributed by atoms with Gasteiger partial charge in [0.25, 0.3) is 40.5 Å². The van der Waals surface area contributed by atoms with Crippen molar-refractivity contribution in [1.82, 2.24) is 0 Å². The molecule has 2 aliphatic heterocycles. The van der Waals surface area contributed by atoms with E-state index in [1.807, 2.05) is 36.4 Å². The fourth-order valence-corrected chi connectivity index (χ4v) is 12.1. The van der Waals surface area contributed by atoms with Gasteiger partial charge in [0.1, 0.15) is 6.54 Å². The van der Waals surface area contributed by atoms with Gasteiger partial charge in [-0.2, -0.15) is 38.2 Å². The van der Waals surface area contributed by atoms with Crippen LogP contribution >= 0.6 is 11.6 Å². The van der Waals surface area contributed by atoms with Gasteiger partial charge in [-0.1, -0.05) is 55.8 Å². The molecule has 0 bridgehead atoms. The number of hydrogen-bond acceptors (Lipinski definition) is 10. The molecule has 20 heteroatoms. The summed E-state index contributed by atoms with van der Waals surface area (Å²) in [6, 6.07) is 16.3. The van der Waals surface area contributed by atoms with Crippen LogP contribution in [0.15, 0.2) is 117 Å². The Morgan fingerprint density at radius 2 is 1.23 bits per heavy atom. The molecule has 0 saturated heterocycles. The minimum atomic E-state index is -4.44. The number of benzene rings is 4. The first-order chi connectivity index (χ1) is 30.2. The van der Waals surface area contributed by atoms with Crippen LogP contribution in [0.1, 0.15) is 83.8 Å². The first-order valence-electron chi connectivity index (χ1n) is 21.1. The molecule has 66 heavy (non-hydrogen) atoms. The highest BCUT2D eigenvalue weighted by Crippen LogP contribution is 2.51. The molecule has 1 aliphatic carbocycles. The van der Waals surface area contributed by atoms with Crippen molar-refractivity contribution in [1.29, 1.82) is 0 Å². The summed E-state index contributed by atoms with van der Waals surface area (Å²) in [6.45, 7) is 9.07. The second-order valence-electron chi connectivity index (χ2n) is 17.8. The predicted octanol–water partition coefficient (Wildman–Crippen LogP) is 8.86. The molecule has 5 N–H and O–H groups in total. The molecule has 4 aromatic rings. The van der Waals surface area contributed by atoms with Gasteiger partial charge in [-0.15, -0.1) is 0 Å². The molecule has 356 valence electrons. The predicted molar refractivity (Wildman–Crippen MR) is 256 cm³/mol. The van der Waals surface area contributed by atoms with Gasteiger partial charge in [0.05, 0.1) is 26.7 Å². The van der Waals surface area contributed by atoms with E-state index in [2.05, 4.69) is 37.2 Å². The van der Waals surface area contributed by atoms with Crippen LogP contribution in [0.5, 0.6) is 0 Å². The van der Waals surface area contributed by atoms with E-state index in [1.165, 1.54) is 24.3 Å². The van der Waals surface area contributed by atoms with Crippen LogP contribution in [-0.2, 0) is 51.3 Å². The summed E-state index contributed by atoms with van der Waals surface area (Å²) in [7, 11) is -17.2. The van der Waals surface area contributed by atoms with Crippen molar-refractivity contribution in [3.8, 4) is 0 Å². The summed E-state index contributed by atoms with van der Waals surface area (Å²) < 4.78 is 135. The normalized spacial score (nSPS) is 18.8. The van der Waals surface area contributed by atoms with Crippen LogP contribution in [-0.4, -0.2) is 92.2 Å². The molecular formula is C46H53ClN2O13S4. The minimum Gasteiger partial charge on any atom is -0.870 e. The molecule has 4 aromatic carbocycles. The van der Waals surface area contributed by atoms with Gasteiger partial charge in [0.2, 0.25) is 5.69 Å². The summed E-state index contributed by atoms with van der Waals surface area (Å²) in [4.78, 5) is 1.67. The number of allylic oxidation sites excluding steroid dienone is 8. The van der Waals surface area contributed by atoms with Crippen LogP contribution in [0.4, 0.5) is 11.4 Å². The zero-order valence-electron chi connectivity index (χ0n) is 36.8. The number of anilines is 1. The van der Waals surface area contributed by atoms with E-state index in [9.17, 15) is 51.9 Å². The first kappa shape index (κ1) is 51.1. The number of hydrogen-bond donors (Lipinski definition) is 4. The van der Waals surface area contributed by atoms with Crippen LogP contribution in [0.3, 0.4) is 0 Å². The smallest absolute Gasteiger partial charge is 0.294 e. The van der Waals surface area contributed by atoms with Crippen molar-refractivity contribution in [2.45, 2.75) is 93.3 Å². The number of halogens is 1. The average molecular weight is 1010 g/mol. The molecule has 0 amide bonds. The molecule has 0 radical (unpaired) electrons. The van der Waals surface area contributed by atoms with Gasteiger partial charge in [0.15, 0.2) is 5.71 Å². The molecule has 0 spiro atoms. The van der Waals surface area contributed by atoms with Crippen molar-refractivity contribution in [3.63, 3.8) is 0 Å². The van der Waals surface area contributed by atoms with E-state index in [0.717, 1.165) is 62.2 Å². The number of fused-ring (bicyclic) bond motifs is 6. The van der Waals surface area contributed by atoms with Gasteiger partial charge in [-0.05, 0) is 133 Å². The van der Waals surface area contributed by atoms with Gasteiger partial charge in [-0.25, -0.2) is 0 Å². The van der Waals surface area contributed by atoms with Crippen molar-refractivity contribution < 1.29 is 61.9 Å². The third-order valence-corrected chi connectivity index (χ3v) is 16.4. The Hall–Kier alpha value is -4.28. The number of unbranched alkanes of at least 4 members (excludes halogenated alkanes) is 2. The third-order valence-electron chi connectivity index (χ3n) is 12.6. The highest BCUT2D eigenvalue weighted by Gasteiger charge is 2.46. The monoisotopic (exact) mass is 1000 g/mol. The molecule has 0 aromatic heterocycles. The topological polar surface area (TPSA) is 254 Å². The van der Waals surface area contributed by atoms with Crippen LogP contribution < -0.4 is 4.90 Å². The maximum Gasteiger partial charge on any atom is 0.294 e. The first-order valence-corrected chi connectivity index (χ1v) is 27.6. The maximum atomic E-state index is 12.0. The summed E-state index contributed by atoms with van der Waals surface area (Å²) >= 11 is 7.26. The highest BCUT2D eigenvalue weighted by atomic mass is 35.5. The summed E-state index contributed by atoms with van der Waals surface area (Å²) in [5.74, 6) is -0.758. The summed E-state index contributed by atoms with van der Waals surface area (Å²) in [6.07, 6.45) is 11.5. The summed E-state index contributed by atoms with van der Waals surface area (Å²) in [5, 5.41) is 3.40. The lowest BCUT2D eigenvalue weighted by Gasteiger charge is -2.27. The zero-order valence-corrected chi connectivity index (χ0v) is 40.8. The molecule has 0 atom stereocenters. The molecule has 0 saturated carbocycles. The minimum absolute atomic E-state index is 0. The SMILES string of the molecule is CC1(C)C(/C=C/C2=C(Cl)C(=C\C=C3/N(CCCCS(=O)(=O)O)c4ccc5cc(S(=O)(=O)O)ccc5c4C3(C)C)/CCC2)=[N+](CCCCS(=O)(=O)O)c2ccc3cc(S(=O)(=O)O)ccc3c21.[OH-]. The second-order valence-corrected chi connectivity index (χ2v) is 24.2. The van der Waals surface area contributed by atoms with Crippen LogP contribution in [0.2, 0.25) is 0 Å². The van der Waals surface area contributed by atoms with E-state index in [4.69, 9.17) is 11.6 Å². The zero-order chi connectivity index (χ0) is 47.5. The molecule has 0 fully saturated rings. The van der Waals surface area contributed by atoms with Crippen molar-refractivity contribution in [3.05, 3.63) is 118 Å². The third kappa shape index (κ3) is 10.5. The lowest BCUT2D eigenvalue weighted by atomic mass is 9.78. The fraction of sp³-hybridized carbons (Fsp3) is 0.370. The lowest BCUT2D eigenvalue weighted by molar-refractivity contribution is -0.438. The summed E-state index contributed by atoms with van der Waals surface area (Å²) in [5.41, 5.74) is 5.89. The average Bonchev–Trinajstić information content (AvgIpc) is 3.56. The Bertz CT molecular complexity index is 3260. The maximum absolute atomic E-state index is 12.0. The lowest BCUT2D eigenvalue weighted by Crippen LogP contribution is -2.28. The van der Waals surface area contributed by atoms with Gasteiger partial charge in [-0.3, -0.25) is 18.2 Å². The Balaban J connectivity index is 0.00000720. The van der Waals surface area contributed by atoms with E-state index in [0.29, 0.717) is 54.6 Å². The van der Waals surface area contributed by atoms with Crippen molar-refractivity contribution in [2.24, 2.45) is 0 Å². The van der Waals surface area contributed by atoms with E-state index in [-0.39, 0.29) is 39.6 Å². The Kier molecular flexibility index (Phi) is 14.5. The van der Waals surface area contributed by atoms with Gasteiger partial charge >= 0.3 is 0 Å². The molecule has 2 heterocycles. The highest BCUT2D eigenvalue weighted by molar-refractivity contribution is 7.86. The standard InChI is InChI=1S/C46H51ClN2O12S4.H2O/c1-45(2)40(48(24-5-7-26-62(50,51)52)38-20-12-32-28-34(64(56,57)58)16-18-36(32)42(38)45)22-14-30-10-9-11-31(44(30)47)15-23-41-46(3,4)43-37-19-17-35(65(59,60)61)29-33(37)13-21-39(43)49(41)25-6-8-27-63(53,54)55;/h12-23,28-29H,5-11,24-27H2,1-4H3,(H3-,50,51,52,53,54,55,56,57,58,59,60,61);1H2. The molecular weight excluding hydrogens is 952 g/mol. The molecule has 15 nitrogen and oxygen atoms in total. The Morgan fingerprint density at radius 1 is 0.667 bits per heavy atom. The quantitative estimate of drug-likeness (QED) is 0.0493. The Labute approximate surface area is 391 Å². The van der Waals surface area contributed by atoms with Crippen LogP contribution in [0.25, 0.3) is 21.5 Å². The number of nitrogens with zero attached hydrogens (tertiary/aromatic N) is 2. The Morgan fingerprint density at radius 3 is 1.80 bits per heavy atom. The van der Waals surface area contributed by atoms with Gasteiger partial charge in [0, 0.05) is 52.5 Å². The van der Waals surface area contributed by atoms with E-state index in [1.54, 1.807) is 24.3 Å². The van der Waals surface area contributed by atoms with E-state index < -0.39 is 51.3 Å². The molecule has 3 aliphatic rings. The fourth-order valence-electron chi connectivity index (χ4n) is 9.62. The largest absolute Gasteiger partial charge is 0.870 e. The van der Waals surface area contributed by atoms with Crippen LogP contribution in [0, 0.1) is 0 Å². The molecule has 7 rings (SSSR count). The molecule has 0 unspecified atom stereocenters. The van der Waals surface area contributed by atoms with Gasteiger partial charge < -0.3 is 10.4 Å². The second kappa shape index (κ2) is 18.7. The van der Waals surface area contributed by atoms with E-state index >= 15 is 0 Å². The number of rotatable bonds is 15.